The van der Waals surface area contributed by atoms with Crippen LogP contribution in [0.2, 0.25) is 0 Å². The van der Waals surface area contributed by atoms with Gasteiger partial charge in [-0.15, -0.1) is 0 Å². The predicted molar refractivity (Wildman–Crippen MR) is 55.7 cm³/mol. The highest BCUT2D eigenvalue weighted by molar-refractivity contribution is 5.89. The van der Waals surface area contributed by atoms with Crippen molar-refractivity contribution in [2.24, 2.45) is 0 Å². The Morgan fingerprint density at radius 3 is 1.45 bits per heavy atom. The molecule has 0 aromatic heterocycles. The molecule has 0 atom stereocenters. The third-order valence-corrected chi connectivity index (χ3v) is 2.19. The van der Waals surface area contributed by atoms with Crippen LogP contribution in [0.1, 0.15) is 27.2 Å². The minimum absolute atomic E-state index is 1.13. The standard InChI is InChI=1S/C11H11F9O2/c1-8(2,3)22-7(21)5(6(12)13)4-9(14,10(15,16)17)11(18,19)20/h4H2,1-3H3. The van der Waals surface area contributed by atoms with E-state index in [-0.39, 0.29) is 0 Å². The van der Waals surface area contributed by atoms with E-state index >= 15 is 0 Å². The fourth-order valence-corrected chi connectivity index (χ4v) is 1.16. The molecule has 0 aliphatic heterocycles. The summed E-state index contributed by atoms with van der Waals surface area (Å²) in [5.41, 5.74) is -9.81. The van der Waals surface area contributed by atoms with Crippen molar-refractivity contribution < 1.29 is 49.0 Å². The highest BCUT2D eigenvalue weighted by atomic mass is 19.4. The molecule has 0 heterocycles. The van der Waals surface area contributed by atoms with Crippen molar-refractivity contribution in [2.75, 3.05) is 0 Å². The van der Waals surface area contributed by atoms with Crippen molar-refractivity contribution >= 4 is 5.97 Å². The first-order valence-corrected chi connectivity index (χ1v) is 5.52. The molecule has 0 aliphatic carbocycles. The number of hydrogen-bond donors (Lipinski definition) is 0. The number of rotatable bonds is 3. The maximum Gasteiger partial charge on any atom is 0.431 e. The first-order valence-electron chi connectivity index (χ1n) is 5.52. The van der Waals surface area contributed by atoms with Crippen LogP contribution in [0.4, 0.5) is 39.5 Å². The molecule has 130 valence electrons. The Hall–Kier alpha value is -1.42. The Balaban J connectivity index is 5.78. The molecule has 0 fully saturated rings. The Morgan fingerprint density at radius 1 is 0.864 bits per heavy atom. The van der Waals surface area contributed by atoms with Crippen LogP contribution in [0.15, 0.2) is 11.7 Å². The lowest BCUT2D eigenvalue weighted by Crippen LogP contribution is -2.53. The van der Waals surface area contributed by atoms with Crippen LogP contribution >= 0.6 is 0 Å². The van der Waals surface area contributed by atoms with Crippen molar-refractivity contribution in [1.29, 1.82) is 0 Å². The normalized spacial score (nSPS) is 13.8. The molecular formula is C11H11F9O2. The summed E-state index contributed by atoms with van der Waals surface area (Å²) in [6.07, 6.45) is -19.2. The van der Waals surface area contributed by atoms with Gasteiger partial charge in [-0.05, 0) is 20.8 Å². The van der Waals surface area contributed by atoms with Crippen LogP contribution in [0.25, 0.3) is 0 Å². The summed E-state index contributed by atoms with van der Waals surface area (Å²) < 4.78 is 117. The second-order valence-corrected chi connectivity index (χ2v) is 5.21. The fraction of sp³-hybridized carbons (Fsp3) is 0.727. The number of ether oxygens (including phenoxy) is 1. The van der Waals surface area contributed by atoms with E-state index in [2.05, 4.69) is 4.74 Å². The van der Waals surface area contributed by atoms with Gasteiger partial charge in [0.1, 0.15) is 11.2 Å². The number of carbonyl (C=O) groups excluding carboxylic acids is 1. The quantitative estimate of drug-likeness (QED) is 0.421. The van der Waals surface area contributed by atoms with Crippen LogP contribution in [-0.2, 0) is 9.53 Å². The molecule has 0 bridgehead atoms. The average Bonchev–Trinajstić information content (AvgIpc) is 2.18. The van der Waals surface area contributed by atoms with Gasteiger partial charge < -0.3 is 4.74 Å². The van der Waals surface area contributed by atoms with Gasteiger partial charge in [0.2, 0.25) is 0 Å². The van der Waals surface area contributed by atoms with Crippen molar-refractivity contribution in [3.8, 4) is 0 Å². The maximum absolute atomic E-state index is 13.4. The summed E-state index contributed by atoms with van der Waals surface area (Å²) in [5.74, 6) is -2.16. The van der Waals surface area contributed by atoms with E-state index in [1.165, 1.54) is 0 Å². The van der Waals surface area contributed by atoms with Crippen molar-refractivity contribution in [3.05, 3.63) is 11.7 Å². The molecular weight excluding hydrogens is 335 g/mol. The van der Waals surface area contributed by atoms with Gasteiger partial charge in [-0.25, -0.2) is 9.18 Å². The third-order valence-electron chi connectivity index (χ3n) is 2.19. The van der Waals surface area contributed by atoms with Crippen LogP contribution in [0.5, 0.6) is 0 Å². The van der Waals surface area contributed by atoms with Gasteiger partial charge >= 0.3 is 24.0 Å². The Labute approximate surface area is 118 Å². The molecule has 22 heavy (non-hydrogen) atoms. The van der Waals surface area contributed by atoms with Crippen LogP contribution < -0.4 is 0 Å². The second-order valence-electron chi connectivity index (χ2n) is 5.21. The van der Waals surface area contributed by atoms with Gasteiger partial charge in [0, 0.05) is 6.42 Å². The zero-order chi connectivity index (χ0) is 18.1. The number of hydrogen-bond acceptors (Lipinski definition) is 2. The first kappa shape index (κ1) is 20.6. The second kappa shape index (κ2) is 5.99. The van der Waals surface area contributed by atoms with E-state index in [0.29, 0.717) is 0 Å². The molecule has 0 aliphatic rings. The summed E-state index contributed by atoms with van der Waals surface area (Å²) in [6, 6.07) is 0. The maximum atomic E-state index is 13.4. The highest BCUT2D eigenvalue weighted by Crippen LogP contribution is 2.50. The lowest BCUT2D eigenvalue weighted by Gasteiger charge is -2.30. The monoisotopic (exact) mass is 346 g/mol. The zero-order valence-electron chi connectivity index (χ0n) is 11.4. The van der Waals surface area contributed by atoms with Gasteiger partial charge in [-0.2, -0.15) is 35.1 Å². The Bertz CT molecular complexity index is 436. The fourth-order valence-electron chi connectivity index (χ4n) is 1.16. The zero-order valence-corrected chi connectivity index (χ0v) is 11.4. The smallest absolute Gasteiger partial charge is 0.431 e. The lowest BCUT2D eigenvalue weighted by molar-refractivity contribution is -0.340. The van der Waals surface area contributed by atoms with E-state index < -0.39 is 47.7 Å². The van der Waals surface area contributed by atoms with Crippen LogP contribution in [0, 0.1) is 0 Å². The van der Waals surface area contributed by atoms with Crippen molar-refractivity contribution in [2.45, 2.75) is 50.8 Å². The Kier molecular flexibility index (Phi) is 5.61. The van der Waals surface area contributed by atoms with Gasteiger partial charge in [-0.1, -0.05) is 0 Å². The largest absolute Gasteiger partial charge is 0.456 e. The summed E-state index contributed by atoms with van der Waals surface area (Å²) in [5, 5.41) is 0. The minimum Gasteiger partial charge on any atom is -0.456 e. The minimum atomic E-state index is -6.55. The number of alkyl halides is 7. The van der Waals surface area contributed by atoms with Gasteiger partial charge in [0.25, 0.3) is 6.08 Å². The van der Waals surface area contributed by atoms with Gasteiger partial charge in [0.15, 0.2) is 0 Å². The van der Waals surface area contributed by atoms with Crippen molar-refractivity contribution in [3.63, 3.8) is 0 Å². The highest BCUT2D eigenvalue weighted by Gasteiger charge is 2.73. The van der Waals surface area contributed by atoms with E-state index in [1.807, 2.05) is 0 Å². The van der Waals surface area contributed by atoms with Crippen LogP contribution in [0.3, 0.4) is 0 Å². The molecule has 0 saturated carbocycles. The van der Waals surface area contributed by atoms with Gasteiger partial charge in [0.05, 0.1) is 0 Å². The molecule has 0 unspecified atom stereocenters. The summed E-state index contributed by atoms with van der Waals surface area (Å²) in [4.78, 5) is 11.3. The average molecular weight is 346 g/mol. The first-order chi connectivity index (χ1) is 9.42. The summed E-state index contributed by atoms with van der Waals surface area (Å²) in [7, 11) is 0. The SMILES string of the molecule is CC(C)(C)OC(=O)C(CC(F)(C(F)(F)F)C(F)(F)F)=C(F)F. The lowest BCUT2D eigenvalue weighted by atomic mass is 9.95. The van der Waals surface area contributed by atoms with E-state index in [9.17, 15) is 44.3 Å². The molecule has 0 radical (unpaired) electrons. The van der Waals surface area contributed by atoms with E-state index in [0.717, 1.165) is 20.8 Å². The summed E-state index contributed by atoms with van der Waals surface area (Å²) in [6.45, 7) is 3.40. The molecule has 11 heteroatoms. The van der Waals surface area contributed by atoms with Gasteiger partial charge in [-0.3, -0.25) is 0 Å². The number of carbonyl (C=O) groups is 1. The van der Waals surface area contributed by atoms with Crippen molar-refractivity contribution in [1.82, 2.24) is 0 Å². The number of esters is 1. The molecule has 0 saturated heterocycles. The number of halogens is 9. The topological polar surface area (TPSA) is 26.3 Å². The molecule has 0 aromatic carbocycles. The third kappa shape index (κ3) is 4.80. The molecule has 2 nitrogen and oxygen atoms in total. The molecule has 0 rings (SSSR count). The van der Waals surface area contributed by atoms with E-state index in [1.54, 1.807) is 0 Å². The Morgan fingerprint density at radius 2 is 1.23 bits per heavy atom. The van der Waals surface area contributed by atoms with E-state index in [4.69, 9.17) is 0 Å². The molecule has 0 aromatic rings. The molecule has 0 amide bonds. The predicted octanol–water partition coefficient (Wildman–Crippen LogP) is 4.70. The molecule has 0 N–H and O–H groups in total. The summed E-state index contributed by atoms with van der Waals surface area (Å²) >= 11 is 0. The van der Waals surface area contributed by atoms with Crippen LogP contribution in [-0.4, -0.2) is 29.6 Å². The molecule has 0 spiro atoms.